The largest absolute Gasteiger partial charge is 0.508 e. The number of phenolic OH excluding ortho intramolecular Hbond substituents is 1. The minimum atomic E-state index is -1.68. The number of rotatable bonds is 10. The van der Waals surface area contributed by atoms with Crippen LogP contribution in [0.3, 0.4) is 0 Å². The number of nitrogens with two attached hydrogens (primary N) is 3. The predicted octanol–water partition coefficient (Wildman–Crippen LogP) is -2.45. The van der Waals surface area contributed by atoms with Crippen molar-refractivity contribution >= 4 is 68.9 Å². The highest BCUT2D eigenvalue weighted by Gasteiger charge is 2.34. The van der Waals surface area contributed by atoms with Crippen LogP contribution in [0.2, 0.25) is 0 Å². The number of phenols is 1. The van der Waals surface area contributed by atoms with Gasteiger partial charge in [0.15, 0.2) is 0 Å². The Morgan fingerprint density at radius 1 is 0.642 bits per heavy atom. The van der Waals surface area contributed by atoms with Crippen LogP contribution < -0.4 is 43.8 Å². The number of aliphatic carboxylic acids is 1. The van der Waals surface area contributed by atoms with Crippen molar-refractivity contribution in [2.24, 2.45) is 17.2 Å². The lowest BCUT2D eigenvalue weighted by Gasteiger charge is -2.27. The van der Waals surface area contributed by atoms with E-state index in [9.17, 15) is 48.6 Å². The average molecular weight is 775 g/mol. The van der Waals surface area contributed by atoms with Gasteiger partial charge in [-0.1, -0.05) is 64.1 Å². The summed E-state index contributed by atoms with van der Waals surface area (Å²) in [6.07, 6.45) is -1.71. The van der Waals surface area contributed by atoms with Crippen molar-refractivity contribution in [1.82, 2.24) is 26.6 Å². The van der Waals surface area contributed by atoms with Crippen LogP contribution in [0, 0.1) is 0 Å². The van der Waals surface area contributed by atoms with Crippen molar-refractivity contribution in [2.45, 2.75) is 68.4 Å². The van der Waals surface area contributed by atoms with Gasteiger partial charge in [0.25, 0.3) is 0 Å². The molecule has 6 atom stereocenters. The van der Waals surface area contributed by atoms with E-state index in [1.165, 1.54) is 24.3 Å². The molecule has 0 radical (unpaired) electrons. The maximum absolute atomic E-state index is 13.9. The van der Waals surface area contributed by atoms with Gasteiger partial charge in [-0.25, -0.2) is 4.79 Å². The lowest BCUT2D eigenvalue weighted by Crippen LogP contribution is -2.60. The third kappa shape index (κ3) is 14.3. The summed E-state index contributed by atoms with van der Waals surface area (Å²) in [5.41, 5.74) is 17.9. The van der Waals surface area contributed by atoms with Crippen LogP contribution in [0.4, 0.5) is 0 Å². The number of carboxylic acids is 1. The van der Waals surface area contributed by atoms with Crippen LogP contribution in [-0.2, 0) is 51.2 Å². The summed E-state index contributed by atoms with van der Waals surface area (Å²) >= 11 is 0. The zero-order valence-electron chi connectivity index (χ0n) is 28.3. The first kappa shape index (κ1) is 42.1. The molecule has 0 aromatic heterocycles. The first-order chi connectivity index (χ1) is 25.1. The Hall–Kier alpha value is -5.34. The minimum absolute atomic E-state index is 0.0323. The Balaban J connectivity index is 2.05. The number of carbonyl (C=O) groups excluding carboxylic acids is 7. The maximum atomic E-state index is 13.9. The van der Waals surface area contributed by atoms with E-state index < -0.39 is 96.4 Å². The molecule has 20 heteroatoms. The number of carbonyl (C=O) groups is 8. The van der Waals surface area contributed by atoms with Crippen molar-refractivity contribution in [3.05, 3.63) is 65.7 Å². The van der Waals surface area contributed by atoms with Gasteiger partial charge in [0.1, 0.15) is 36.0 Å². The minimum Gasteiger partial charge on any atom is -0.508 e. The van der Waals surface area contributed by atoms with Crippen LogP contribution in [0.1, 0.15) is 30.4 Å². The van der Waals surface area contributed by atoms with Gasteiger partial charge in [-0.15, -0.1) is 0 Å². The van der Waals surface area contributed by atoms with E-state index in [0.717, 1.165) is 21.6 Å². The van der Waals surface area contributed by atoms with Crippen LogP contribution in [0.15, 0.2) is 54.6 Å². The number of aromatic hydroxyl groups is 1. The van der Waals surface area contributed by atoms with Crippen LogP contribution >= 0.6 is 21.6 Å². The Bertz CT molecular complexity index is 1650. The smallest absolute Gasteiger partial charge is 0.327 e. The topological polar surface area (TPSA) is 315 Å². The molecular weight excluding hydrogens is 733 g/mol. The van der Waals surface area contributed by atoms with Gasteiger partial charge in [0, 0.05) is 30.8 Å². The summed E-state index contributed by atoms with van der Waals surface area (Å²) < 4.78 is 0. The third-order valence-electron chi connectivity index (χ3n) is 7.79. The molecule has 13 N–H and O–H groups in total. The first-order valence-corrected chi connectivity index (χ1v) is 18.7. The summed E-state index contributed by atoms with van der Waals surface area (Å²) in [6.45, 7) is 0. The molecule has 286 valence electrons. The summed E-state index contributed by atoms with van der Waals surface area (Å²) in [5.74, 6) is -8.16. The molecular formula is C33H42N8O10S2. The van der Waals surface area contributed by atoms with Gasteiger partial charge in [0.2, 0.25) is 41.4 Å². The predicted molar refractivity (Wildman–Crippen MR) is 194 cm³/mol. The standard InChI is InChI=1S/C33H42N8O10S2/c34-20-15-52-53-16-25(33(50)51)41-32(49)24(14-27(36)44)40-29(46)21(10-11-26(35)43)37-30(47)23(12-17-4-2-1-3-5-17)39-31(48)22(38-28(20)45)13-18-6-8-19(42)9-7-18/h1-9,20-25,42H,10-16,34H2,(H2,35,43)(H2,36,44)(H,37,47)(H,38,45)(H,39,48)(H,40,46)(H,41,49)(H,50,51)/t20-,21-,22-,23-,24-,25-/m0/s1. The summed E-state index contributed by atoms with van der Waals surface area (Å²) in [6, 6.07) is 5.78. The van der Waals surface area contributed by atoms with Crippen molar-refractivity contribution in [3.8, 4) is 5.75 Å². The highest BCUT2D eigenvalue weighted by Crippen LogP contribution is 2.23. The summed E-state index contributed by atoms with van der Waals surface area (Å²) in [4.78, 5) is 103. The molecule has 0 spiro atoms. The molecule has 1 heterocycles. The Morgan fingerprint density at radius 2 is 1.13 bits per heavy atom. The second-order valence-corrected chi connectivity index (χ2v) is 14.6. The zero-order chi connectivity index (χ0) is 39.1. The Labute approximate surface area is 311 Å². The molecule has 2 aromatic carbocycles. The third-order valence-corrected chi connectivity index (χ3v) is 10.2. The van der Waals surface area contributed by atoms with Gasteiger partial charge in [-0.3, -0.25) is 33.6 Å². The molecule has 0 aliphatic carbocycles. The van der Waals surface area contributed by atoms with Crippen molar-refractivity contribution < 1.29 is 48.6 Å². The normalized spacial score (nSPS) is 24.0. The van der Waals surface area contributed by atoms with E-state index in [0.29, 0.717) is 11.1 Å². The van der Waals surface area contributed by atoms with Crippen LogP contribution in [-0.4, -0.2) is 105 Å². The Morgan fingerprint density at radius 3 is 1.70 bits per heavy atom. The molecule has 18 nitrogen and oxygen atoms in total. The second-order valence-electron chi connectivity index (χ2n) is 12.1. The van der Waals surface area contributed by atoms with Crippen LogP contribution in [0.25, 0.3) is 0 Å². The quantitative estimate of drug-likeness (QED) is 0.112. The number of nitrogens with one attached hydrogen (secondary N) is 5. The lowest BCUT2D eigenvalue weighted by atomic mass is 10.0. The van der Waals surface area contributed by atoms with E-state index in [2.05, 4.69) is 26.6 Å². The fraction of sp³-hybridized carbons (Fsp3) is 0.394. The lowest BCUT2D eigenvalue weighted by molar-refractivity contribution is -0.141. The average Bonchev–Trinajstić information content (AvgIpc) is 3.10. The Kier molecular flexibility index (Phi) is 16.4. The first-order valence-electron chi connectivity index (χ1n) is 16.3. The molecule has 1 saturated heterocycles. The summed E-state index contributed by atoms with van der Waals surface area (Å²) in [7, 11) is 1.99. The monoisotopic (exact) mass is 774 g/mol. The molecule has 0 unspecified atom stereocenters. The van der Waals surface area contributed by atoms with Gasteiger partial charge in [-0.05, 0) is 29.7 Å². The number of hydrogen-bond donors (Lipinski definition) is 10. The molecule has 1 aliphatic heterocycles. The number of primary amides is 2. The molecule has 1 fully saturated rings. The highest BCUT2D eigenvalue weighted by molar-refractivity contribution is 8.76. The number of benzene rings is 2. The van der Waals surface area contributed by atoms with E-state index in [-0.39, 0.29) is 36.5 Å². The molecule has 0 bridgehead atoms. The molecule has 7 amide bonds. The van der Waals surface area contributed by atoms with Crippen molar-refractivity contribution in [2.75, 3.05) is 11.5 Å². The SMILES string of the molecule is NC(=O)CC[C@@H]1NC(=O)[C@H](Cc2ccccc2)NC(=O)[C@H](Cc2ccc(O)cc2)NC(=O)[C@@H](N)CSSC[C@@H](C(=O)O)NC(=O)[C@H](CC(N)=O)NC1=O. The summed E-state index contributed by atoms with van der Waals surface area (Å²) in [5, 5.41) is 31.8. The number of hydrogen-bond acceptors (Lipinski definition) is 12. The fourth-order valence-corrected chi connectivity index (χ4v) is 7.24. The van der Waals surface area contributed by atoms with Gasteiger partial charge >= 0.3 is 5.97 Å². The number of amides is 7. The number of carboxylic acid groups (broad SMARTS) is 1. The van der Waals surface area contributed by atoms with Crippen molar-refractivity contribution in [1.29, 1.82) is 0 Å². The van der Waals surface area contributed by atoms with Crippen LogP contribution in [0.5, 0.6) is 5.75 Å². The van der Waals surface area contributed by atoms with E-state index >= 15 is 0 Å². The van der Waals surface area contributed by atoms with E-state index in [1.807, 2.05) is 0 Å². The van der Waals surface area contributed by atoms with Gasteiger partial charge < -0.3 is 54.0 Å². The fourth-order valence-electron chi connectivity index (χ4n) is 4.96. The zero-order valence-corrected chi connectivity index (χ0v) is 30.0. The van der Waals surface area contributed by atoms with E-state index in [4.69, 9.17) is 17.2 Å². The molecule has 1 aliphatic rings. The molecule has 3 rings (SSSR count). The molecule has 0 saturated carbocycles. The van der Waals surface area contributed by atoms with Gasteiger partial charge in [0.05, 0.1) is 12.5 Å². The maximum Gasteiger partial charge on any atom is 0.327 e. The van der Waals surface area contributed by atoms with Gasteiger partial charge in [-0.2, -0.15) is 0 Å². The molecule has 53 heavy (non-hydrogen) atoms. The second kappa shape index (κ2) is 20.6. The highest BCUT2D eigenvalue weighted by atomic mass is 33.1. The van der Waals surface area contributed by atoms with E-state index in [1.54, 1.807) is 30.3 Å². The molecule has 2 aromatic rings. The van der Waals surface area contributed by atoms with Crippen molar-refractivity contribution in [3.63, 3.8) is 0 Å².